The maximum absolute atomic E-state index is 5.91. The fourth-order valence-corrected chi connectivity index (χ4v) is 3.41. The van der Waals surface area contributed by atoms with Crippen LogP contribution in [0.1, 0.15) is 10.4 Å². The highest BCUT2D eigenvalue weighted by atomic mass is 79.9. The summed E-state index contributed by atoms with van der Waals surface area (Å²) in [6, 6.07) is 7.95. The van der Waals surface area contributed by atoms with Crippen molar-refractivity contribution in [1.29, 1.82) is 0 Å². The third kappa shape index (κ3) is 3.72. The van der Waals surface area contributed by atoms with E-state index in [9.17, 15) is 0 Å². The molecule has 0 radical (unpaired) electrons. The Morgan fingerprint density at radius 2 is 2.11 bits per heavy atom. The zero-order valence-corrected chi connectivity index (χ0v) is 13.1. The molecule has 2 N–H and O–H groups in total. The quantitative estimate of drug-likeness (QED) is 0.833. The van der Waals surface area contributed by atoms with Crippen LogP contribution in [-0.2, 0) is 13.1 Å². The first kappa shape index (κ1) is 13.9. The lowest BCUT2D eigenvalue weighted by atomic mass is 10.2. The number of rotatable bonds is 4. The number of nitrogens with two attached hydrogens (primary N) is 1. The minimum absolute atomic E-state index is 0.614. The Balaban J connectivity index is 1.98. The zero-order valence-electron chi connectivity index (χ0n) is 9.99. The van der Waals surface area contributed by atoms with Crippen LogP contribution in [0.15, 0.2) is 34.1 Å². The first-order valence-electron chi connectivity index (χ1n) is 5.50. The van der Waals surface area contributed by atoms with Crippen molar-refractivity contribution in [2.24, 2.45) is 0 Å². The standard InChI is InChI=1S/C13H14BrClN2S/c1-17(7-11-5-10(14)8-18-11)6-9-2-3-12(15)13(16)4-9/h2-5,8H,6-7,16H2,1H3. The zero-order chi connectivity index (χ0) is 13.1. The van der Waals surface area contributed by atoms with Crippen molar-refractivity contribution in [2.75, 3.05) is 12.8 Å². The summed E-state index contributed by atoms with van der Waals surface area (Å²) in [6.45, 7) is 1.79. The van der Waals surface area contributed by atoms with Gasteiger partial charge in [-0.2, -0.15) is 0 Å². The van der Waals surface area contributed by atoms with E-state index in [1.165, 1.54) is 10.4 Å². The lowest BCUT2D eigenvalue weighted by Crippen LogP contribution is -2.16. The van der Waals surface area contributed by atoms with Crippen molar-refractivity contribution in [2.45, 2.75) is 13.1 Å². The normalized spacial score (nSPS) is 11.1. The number of nitrogens with zero attached hydrogens (tertiary/aromatic N) is 1. The molecule has 0 bridgehead atoms. The second kappa shape index (κ2) is 6.06. The molecule has 0 aliphatic heterocycles. The smallest absolute Gasteiger partial charge is 0.0635 e. The summed E-state index contributed by atoms with van der Waals surface area (Å²) in [5, 5.41) is 2.72. The van der Waals surface area contributed by atoms with Crippen LogP contribution < -0.4 is 5.73 Å². The number of anilines is 1. The molecule has 5 heteroatoms. The topological polar surface area (TPSA) is 29.3 Å². The highest BCUT2D eigenvalue weighted by Gasteiger charge is 2.05. The Labute approximate surface area is 124 Å². The van der Waals surface area contributed by atoms with Crippen molar-refractivity contribution in [3.8, 4) is 0 Å². The van der Waals surface area contributed by atoms with Crippen LogP contribution in [0.3, 0.4) is 0 Å². The number of thiophene rings is 1. The molecule has 0 saturated heterocycles. The molecular weight excluding hydrogens is 332 g/mol. The molecule has 0 spiro atoms. The fourth-order valence-electron chi connectivity index (χ4n) is 1.76. The predicted octanol–water partition coefficient (Wildman–Crippen LogP) is 4.38. The largest absolute Gasteiger partial charge is 0.398 e. The highest BCUT2D eigenvalue weighted by molar-refractivity contribution is 9.10. The van der Waals surface area contributed by atoms with Crippen molar-refractivity contribution in [3.63, 3.8) is 0 Å². The van der Waals surface area contributed by atoms with Crippen LogP contribution in [0, 0.1) is 0 Å². The molecule has 2 nitrogen and oxygen atoms in total. The third-order valence-electron chi connectivity index (χ3n) is 2.56. The molecule has 1 aromatic carbocycles. The Bertz CT molecular complexity index is 542. The Kier molecular flexibility index (Phi) is 4.67. The van der Waals surface area contributed by atoms with Gasteiger partial charge in [-0.15, -0.1) is 11.3 Å². The minimum atomic E-state index is 0.614. The lowest BCUT2D eigenvalue weighted by Gasteiger charge is -2.16. The summed E-state index contributed by atoms with van der Waals surface area (Å²) in [4.78, 5) is 3.59. The van der Waals surface area contributed by atoms with Gasteiger partial charge in [0.15, 0.2) is 0 Å². The van der Waals surface area contributed by atoms with Crippen LogP contribution in [0.2, 0.25) is 5.02 Å². The van der Waals surface area contributed by atoms with Gasteiger partial charge in [0.2, 0.25) is 0 Å². The van der Waals surface area contributed by atoms with Gasteiger partial charge >= 0.3 is 0 Å². The van der Waals surface area contributed by atoms with E-state index in [1.54, 1.807) is 11.3 Å². The summed E-state index contributed by atoms with van der Waals surface area (Å²) in [5.41, 5.74) is 7.61. The molecule has 0 atom stereocenters. The van der Waals surface area contributed by atoms with Gasteiger partial charge in [-0.25, -0.2) is 0 Å². The highest BCUT2D eigenvalue weighted by Crippen LogP contribution is 2.23. The van der Waals surface area contributed by atoms with Gasteiger partial charge in [-0.3, -0.25) is 4.90 Å². The molecule has 0 aliphatic carbocycles. The maximum Gasteiger partial charge on any atom is 0.0635 e. The Morgan fingerprint density at radius 1 is 1.33 bits per heavy atom. The van der Waals surface area contributed by atoms with E-state index in [4.69, 9.17) is 17.3 Å². The molecule has 0 amide bonds. The molecule has 1 aromatic heterocycles. The van der Waals surface area contributed by atoms with Crippen molar-refractivity contribution >= 4 is 44.6 Å². The van der Waals surface area contributed by atoms with E-state index in [0.29, 0.717) is 10.7 Å². The van der Waals surface area contributed by atoms with Gasteiger partial charge in [-0.1, -0.05) is 17.7 Å². The molecule has 18 heavy (non-hydrogen) atoms. The van der Waals surface area contributed by atoms with Gasteiger partial charge in [0, 0.05) is 27.8 Å². The van der Waals surface area contributed by atoms with Crippen LogP contribution in [-0.4, -0.2) is 11.9 Å². The van der Waals surface area contributed by atoms with Gasteiger partial charge in [0.25, 0.3) is 0 Å². The van der Waals surface area contributed by atoms with Crippen molar-refractivity contribution in [1.82, 2.24) is 4.90 Å². The predicted molar refractivity (Wildman–Crippen MR) is 83.1 cm³/mol. The molecule has 1 heterocycles. The average molecular weight is 346 g/mol. The summed E-state index contributed by atoms with van der Waals surface area (Å²) < 4.78 is 1.15. The Morgan fingerprint density at radius 3 is 2.72 bits per heavy atom. The monoisotopic (exact) mass is 344 g/mol. The van der Waals surface area contributed by atoms with Crippen molar-refractivity contribution < 1.29 is 0 Å². The van der Waals surface area contributed by atoms with Crippen LogP contribution in [0.4, 0.5) is 5.69 Å². The molecule has 96 valence electrons. The van der Waals surface area contributed by atoms with E-state index in [-0.39, 0.29) is 0 Å². The molecule has 0 aliphatic rings. The van der Waals surface area contributed by atoms with E-state index < -0.39 is 0 Å². The number of nitrogen functional groups attached to an aromatic ring is 1. The maximum atomic E-state index is 5.91. The van der Waals surface area contributed by atoms with Gasteiger partial charge < -0.3 is 5.73 Å². The lowest BCUT2D eigenvalue weighted by molar-refractivity contribution is 0.322. The second-order valence-corrected chi connectivity index (χ2v) is 6.58. The Hall–Kier alpha value is -0.550. The molecule has 0 fully saturated rings. The summed E-state index contributed by atoms with van der Waals surface area (Å²) in [6.07, 6.45) is 0. The molecule has 2 aromatic rings. The first-order valence-corrected chi connectivity index (χ1v) is 7.55. The van der Waals surface area contributed by atoms with Gasteiger partial charge in [-0.05, 0) is 46.7 Å². The van der Waals surface area contributed by atoms with Crippen LogP contribution in [0.25, 0.3) is 0 Å². The summed E-state index contributed by atoms with van der Waals surface area (Å²) in [5.74, 6) is 0. The SMILES string of the molecule is CN(Cc1ccc(Cl)c(N)c1)Cc1cc(Br)cs1. The second-order valence-electron chi connectivity index (χ2n) is 4.26. The number of halogens is 2. The molecule has 2 rings (SSSR count). The first-order chi connectivity index (χ1) is 8.54. The third-order valence-corrected chi connectivity index (χ3v) is 4.59. The minimum Gasteiger partial charge on any atom is -0.398 e. The fraction of sp³-hybridized carbons (Fsp3) is 0.231. The summed E-state index contributed by atoms with van der Waals surface area (Å²) in [7, 11) is 2.10. The molecule has 0 saturated carbocycles. The summed E-state index contributed by atoms with van der Waals surface area (Å²) >= 11 is 11.1. The van der Waals surface area contributed by atoms with Gasteiger partial charge in [0.05, 0.1) is 10.7 Å². The molecule has 0 unspecified atom stereocenters. The number of benzene rings is 1. The molecular formula is C13H14BrClN2S. The number of hydrogen-bond acceptors (Lipinski definition) is 3. The van der Waals surface area contributed by atoms with E-state index >= 15 is 0 Å². The van der Waals surface area contributed by atoms with Crippen molar-refractivity contribution in [3.05, 3.63) is 49.6 Å². The average Bonchev–Trinajstić information content (AvgIpc) is 2.69. The van der Waals surface area contributed by atoms with E-state index in [0.717, 1.165) is 17.6 Å². The van der Waals surface area contributed by atoms with E-state index in [1.807, 2.05) is 18.2 Å². The van der Waals surface area contributed by atoms with E-state index in [2.05, 4.69) is 39.3 Å². The van der Waals surface area contributed by atoms with Crippen LogP contribution in [0.5, 0.6) is 0 Å². The van der Waals surface area contributed by atoms with Crippen LogP contribution >= 0.6 is 38.9 Å². The number of hydrogen-bond donors (Lipinski definition) is 1. The van der Waals surface area contributed by atoms with Gasteiger partial charge in [0.1, 0.15) is 0 Å².